The number of hydrogen-bond donors (Lipinski definition) is 0. The number of pyridine rings is 1. The molecule has 1 aromatic carbocycles. The third kappa shape index (κ3) is 3.34. The zero-order valence-electron chi connectivity index (χ0n) is 13.4. The molecule has 0 spiro atoms. The molecule has 0 N–H and O–H groups in total. The van der Waals surface area contributed by atoms with Crippen molar-refractivity contribution in [1.29, 1.82) is 0 Å². The number of benzene rings is 1. The number of alkyl halides is 3. The van der Waals surface area contributed by atoms with Crippen LogP contribution in [0.25, 0.3) is 16.8 Å². The van der Waals surface area contributed by atoms with E-state index >= 15 is 0 Å². The molecule has 0 saturated carbocycles. The highest BCUT2D eigenvalue weighted by Gasteiger charge is 2.36. The predicted octanol–water partition coefficient (Wildman–Crippen LogP) is 4.59. The smallest absolute Gasteiger partial charge is 0.452 e. The Balaban J connectivity index is 1.97. The summed E-state index contributed by atoms with van der Waals surface area (Å²) in [5.41, 5.74) is 1.25. The van der Waals surface area contributed by atoms with E-state index in [9.17, 15) is 13.2 Å². The monoisotopic (exact) mass is 335 g/mol. The van der Waals surface area contributed by atoms with Crippen LogP contribution in [0.2, 0.25) is 0 Å². The highest BCUT2D eigenvalue weighted by molar-refractivity contribution is 5.65. The van der Waals surface area contributed by atoms with Crippen LogP contribution in [0.1, 0.15) is 26.6 Å². The lowest BCUT2D eigenvalue weighted by Gasteiger charge is -2.21. The number of nitrogens with zero attached hydrogens (tertiary/aromatic N) is 3. The van der Waals surface area contributed by atoms with Gasteiger partial charge >= 0.3 is 6.18 Å². The second-order valence-electron chi connectivity index (χ2n) is 6.41. The van der Waals surface area contributed by atoms with Crippen LogP contribution >= 0.6 is 0 Å². The molecule has 4 nitrogen and oxygen atoms in total. The Morgan fingerprint density at radius 2 is 1.50 bits per heavy atom. The normalized spacial score (nSPS) is 12.6. The molecule has 0 aliphatic carbocycles. The molecule has 0 radical (unpaired) electrons. The van der Waals surface area contributed by atoms with Crippen molar-refractivity contribution in [2.75, 3.05) is 0 Å². The summed E-state index contributed by atoms with van der Waals surface area (Å²) in [6.07, 6.45) is -3.17. The number of fused-ring (bicyclic) bond motifs is 1. The number of hydrogen-bond acceptors (Lipinski definition) is 3. The second-order valence-corrected chi connectivity index (χ2v) is 6.41. The maximum absolute atomic E-state index is 13.0. The molecule has 7 heteroatoms. The first-order chi connectivity index (χ1) is 11.1. The zero-order valence-corrected chi connectivity index (χ0v) is 13.4. The van der Waals surface area contributed by atoms with Crippen LogP contribution in [0.15, 0.2) is 42.6 Å². The molecule has 3 aromatic rings. The van der Waals surface area contributed by atoms with Gasteiger partial charge in [-0.15, -0.1) is 10.2 Å². The van der Waals surface area contributed by atoms with E-state index in [-0.39, 0.29) is 11.2 Å². The van der Waals surface area contributed by atoms with Crippen molar-refractivity contribution >= 4 is 5.65 Å². The van der Waals surface area contributed by atoms with Crippen LogP contribution in [0, 0.1) is 0 Å². The van der Waals surface area contributed by atoms with E-state index < -0.39 is 12.0 Å². The van der Waals surface area contributed by atoms with Crippen molar-refractivity contribution in [2.45, 2.75) is 32.5 Å². The zero-order chi connectivity index (χ0) is 17.5. The van der Waals surface area contributed by atoms with Gasteiger partial charge in [0.15, 0.2) is 5.65 Å². The van der Waals surface area contributed by atoms with Crippen molar-refractivity contribution in [3.05, 3.63) is 48.4 Å². The average molecular weight is 335 g/mol. The van der Waals surface area contributed by atoms with Crippen LogP contribution < -0.4 is 4.74 Å². The Hall–Kier alpha value is -2.57. The van der Waals surface area contributed by atoms with Gasteiger partial charge in [-0.3, -0.25) is 4.40 Å². The lowest BCUT2D eigenvalue weighted by Crippen LogP contribution is -2.22. The second kappa shape index (κ2) is 5.51. The first-order valence-electron chi connectivity index (χ1n) is 7.35. The summed E-state index contributed by atoms with van der Waals surface area (Å²) in [4.78, 5) is 0. The van der Waals surface area contributed by atoms with Crippen LogP contribution in [-0.2, 0) is 6.18 Å². The predicted molar refractivity (Wildman–Crippen MR) is 83.8 cm³/mol. The van der Waals surface area contributed by atoms with Crippen LogP contribution in [0.4, 0.5) is 13.2 Å². The van der Waals surface area contributed by atoms with E-state index in [1.54, 1.807) is 30.3 Å². The average Bonchev–Trinajstić information content (AvgIpc) is 2.89. The summed E-state index contributed by atoms with van der Waals surface area (Å²) in [7, 11) is 0. The maximum atomic E-state index is 13.0. The Morgan fingerprint density at radius 1 is 0.875 bits per heavy atom. The molecule has 0 atom stereocenters. The number of halogens is 3. The molecular weight excluding hydrogens is 319 g/mol. The number of rotatable bonds is 2. The van der Waals surface area contributed by atoms with E-state index in [1.165, 1.54) is 12.3 Å². The van der Waals surface area contributed by atoms with Gasteiger partial charge in [-0.05, 0) is 56.2 Å². The van der Waals surface area contributed by atoms with Gasteiger partial charge in [0.1, 0.15) is 11.4 Å². The fourth-order valence-electron chi connectivity index (χ4n) is 2.32. The molecule has 24 heavy (non-hydrogen) atoms. The molecule has 126 valence electrons. The summed E-state index contributed by atoms with van der Waals surface area (Å²) in [6, 6.07) is 10.4. The lowest BCUT2D eigenvalue weighted by molar-refractivity contribution is -0.145. The minimum atomic E-state index is -4.55. The molecule has 0 unspecified atom stereocenters. The third-order valence-electron chi connectivity index (χ3n) is 3.27. The van der Waals surface area contributed by atoms with Gasteiger partial charge in [0.2, 0.25) is 5.82 Å². The molecule has 0 aliphatic rings. The SMILES string of the molecule is CC(C)(C)Oc1ccc(-c2ccc3nnc(C(F)(F)F)n3c2)cc1. The highest BCUT2D eigenvalue weighted by atomic mass is 19.4. The topological polar surface area (TPSA) is 39.4 Å². The molecule has 0 fully saturated rings. The minimum Gasteiger partial charge on any atom is -0.488 e. The molecule has 0 bridgehead atoms. The van der Waals surface area contributed by atoms with Crippen molar-refractivity contribution in [1.82, 2.24) is 14.6 Å². The first kappa shape index (κ1) is 16.3. The quantitative estimate of drug-likeness (QED) is 0.687. The maximum Gasteiger partial charge on any atom is 0.452 e. The fraction of sp³-hybridized carbons (Fsp3) is 0.294. The van der Waals surface area contributed by atoms with Gasteiger partial charge in [0.25, 0.3) is 0 Å². The van der Waals surface area contributed by atoms with Crippen molar-refractivity contribution in [3.8, 4) is 16.9 Å². The number of ether oxygens (including phenoxy) is 1. The van der Waals surface area contributed by atoms with Gasteiger partial charge in [0.05, 0.1) is 0 Å². The van der Waals surface area contributed by atoms with Crippen molar-refractivity contribution < 1.29 is 17.9 Å². The fourth-order valence-corrected chi connectivity index (χ4v) is 2.32. The molecule has 0 aliphatic heterocycles. The molecule has 2 heterocycles. The Bertz CT molecular complexity index is 861. The largest absolute Gasteiger partial charge is 0.488 e. The summed E-state index contributed by atoms with van der Waals surface area (Å²) >= 11 is 0. The van der Waals surface area contributed by atoms with Crippen LogP contribution in [-0.4, -0.2) is 20.2 Å². The van der Waals surface area contributed by atoms with Crippen molar-refractivity contribution in [3.63, 3.8) is 0 Å². The van der Waals surface area contributed by atoms with Gasteiger partial charge < -0.3 is 4.74 Å². The lowest BCUT2D eigenvalue weighted by atomic mass is 10.1. The van der Waals surface area contributed by atoms with E-state index in [2.05, 4.69) is 10.2 Å². The molecule has 0 amide bonds. The van der Waals surface area contributed by atoms with Gasteiger partial charge in [-0.1, -0.05) is 12.1 Å². The molecule has 2 aromatic heterocycles. The number of aromatic nitrogens is 3. The highest BCUT2D eigenvalue weighted by Crippen LogP contribution is 2.30. The van der Waals surface area contributed by atoms with Gasteiger partial charge in [0, 0.05) is 6.20 Å². The van der Waals surface area contributed by atoms with E-state index in [1.807, 2.05) is 20.8 Å². The Kier molecular flexibility index (Phi) is 3.74. The van der Waals surface area contributed by atoms with E-state index in [4.69, 9.17) is 4.74 Å². The Morgan fingerprint density at radius 3 is 2.08 bits per heavy atom. The van der Waals surface area contributed by atoms with E-state index in [0.29, 0.717) is 11.3 Å². The summed E-state index contributed by atoms with van der Waals surface area (Å²) < 4.78 is 45.6. The van der Waals surface area contributed by atoms with Crippen molar-refractivity contribution in [2.24, 2.45) is 0 Å². The van der Waals surface area contributed by atoms with Gasteiger partial charge in [-0.2, -0.15) is 13.2 Å². The molecule has 0 saturated heterocycles. The Labute approximate surface area is 136 Å². The summed E-state index contributed by atoms with van der Waals surface area (Å²) in [6.45, 7) is 5.83. The summed E-state index contributed by atoms with van der Waals surface area (Å²) in [5, 5.41) is 6.77. The molecular formula is C17H16F3N3O. The van der Waals surface area contributed by atoms with E-state index in [0.717, 1.165) is 9.96 Å². The van der Waals surface area contributed by atoms with Crippen LogP contribution in [0.5, 0.6) is 5.75 Å². The summed E-state index contributed by atoms with van der Waals surface area (Å²) in [5.74, 6) is -0.334. The molecule has 3 rings (SSSR count). The third-order valence-corrected chi connectivity index (χ3v) is 3.27. The van der Waals surface area contributed by atoms with Crippen LogP contribution in [0.3, 0.4) is 0 Å². The standard InChI is InChI=1S/C17H16F3N3O/c1-16(2,3)24-13-7-4-11(5-8-13)12-6-9-14-21-22-15(17(18,19)20)23(14)10-12/h4-10H,1-3H3. The van der Waals surface area contributed by atoms with Gasteiger partial charge in [-0.25, -0.2) is 0 Å². The first-order valence-corrected chi connectivity index (χ1v) is 7.35. The minimum absolute atomic E-state index is 0.152.